The summed E-state index contributed by atoms with van der Waals surface area (Å²) in [6.45, 7) is 5.54. The molecule has 1 heterocycles. The number of aromatic nitrogens is 1. The second-order valence-corrected chi connectivity index (χ2v) is 5.85. The first kappa shape index (κ1) is 13.6. The molecule has 0 unspecified atom stereocenters. The van der Waals surface area contributed by atoms with Crippen LogP contribution in [-0.2, 0) is 6.42 Å². The molecule has 1 aromatic heterocycles. The summed E-state index contributed by atoms with van der Waals surface area (Å²) in [4.78, 5) is 0. The third kappa shape index (κ3) is 2.62. The maximum atomic E-state index is 3.68. The first-order valence-corrected chi connectivity index (χ1v) is 7.37. The molecule has 0 saturated carbocycles. The van der Waals surface area contributed by atoms with Crippen molar-refractivity contribution in [2.75, 3.05) is 13.6 Å². The molecule has 0 aliphatic carbocycles. The molecular formula is C15H21BrN2. The molecule has 2 aromatic rings. The third-order valence-electron chi connectivity index (χ3n) is 3.32. The van der Waals surface area contributed by atoms with E-state index in [-0.39, 0.29) is 0 Å². The topological polar surface area (TPSA) is 17.0 Å². The predicted octanol–water partition coefficient (Wildman–Crippen LogP) is 4.14. The minimum absolute atomic E-state index is 0.490. The van der Waals surface area contributed by atoms with Crippen molar-refractivity contribution in [1.82, 2.24) is 9.88 Å². The van der Waals surface area contributed by atoms with Gasteiger partial charge in [0.15, 0.2) is 0 Å². The summed E-state index contributed by atoms with van der Waals surface area (Å²) in [5, 5.41) is 4.59. The SMILES string of the molecule is CNCCCc1cn(C(C)C)c2c(Br)cccc12. The lowest BCUT2D eigenvalue weighted by molar-refractivity contribution is 0.618. The molecule has 2 nitrogen and oxygen atoms in total. The van der Waals surface area contributed by atoms with Crippen LogP contribution in [0, 0.1) is 0 Å². The van der Waals surface area contributed by atoms with Gasteiger partial charge >= 0.3 is 0 Å². The van der Waals surface area contributed by atoms with Gasteiger partial charge in [-0.3, -0.25) is 0 Å². The van der Waals surface area contributed by atoms with E-state index in [1.807, 2.05) is 7.05 Å². The van der Waals surface area contributed by atoms with Gasteiger partial charge in [0.2, 0.25) is 0 Å². The number of nitrogens with one attached hydrogen (secondary N) is 1. The summed E-state index contributed by atoms with van der Waals surface area (Å²) in [6, 6.07) is 6.97. The van der Waals surface area contributed by atoms with Crippen molar-refractivity contribution in [2.24, 2.45) is 0 Å². The quantitative estimate of drug-likeness (QED) is 0.822. The number of aryl methyl sites for hydroxylation is 1. The van der Waals surface area contributed by atoms with Crippen LogP contribution in [0.5, 0.6) is 0 Å². The number of rotatable bonds is 5. The van der Waals surface area contributed by atoms with Gasteiger partial charge < -0.3 is 9.88 Å². The fraction of sp³-hybridized carbons (Fsp3) is 0.467. The summed E-state index contributed by atoms with van der Waals surface area (Å²) in [5.74, 6) is 0. The zero-order valence-corrected chi connectivity index (χ0v) is 12.9. The summed E-state index contributed by atoms with van der Waals surface area (Å²) in [5.41, 5.74) is 2.78. The number of hydrogen-bond donors (Lipinski definition) is 1. The normalized spacial score (nSPS) is 11.6. The Bertz CT molecular complexity index is 529. The van der Waals surface area contributed by atoms with Crippen LogP contribution in [0.15, 0.2) is 28.9 Å². The predicted molar refractivity (Wildman–Crippen MR) is 82.3 cm³/mol. The van der Waals surface area contributed by atoms with Gasteiger partial charge in [-0.2, -0.15) is 0 Å². The molecule has 0 bridgehead atoms. The number of para-hydroxylation sites is 1. The lowest BCUT2D eigenvalue weighted by Gasteiger charge is -2.10. The highest BCUT2D eigenvalue weighted by atomic mass is 79.9. The largest absolute Gasteiger partial charge is 0.344 e. The molecule has 0 radical (unpaired) electrons. The van der Waals surface area contributed by atoms with E-state index >= 15 is 0 Å². The van der Waals surface area contributed by atoms with Gasteiger partial charge in [0.1, 0.15) is 0 Å². The van der Waals surface area contributed by atoms with E-state index in [2.05, 4.69) is 64.1 Å². The van der Waals surface area contributed by atoms with E-state index in [4.69, 9.17) is 0 Å². The Labute approximate surface area is 118 Å². The van der Waals surface area contributed by atoms with Crippen molar-refractivity contribution in [3.8, 4) is 0 Å². The fourth-order valence-corrected chi connectivity index (χ4v) is 2.97. The smallest absolute Gasteiger partial charge is 0.0629 e. The van der Waals surface area contributed by atoms with Gasteiger partial charge in [0, 0.05) is 22.1 Å². The zero-order valence-electron chi connectivity index (χ0n) is 11.3. The van der Waals surface area contributed by atoms with E-state index in [1.54, 1.807) is 0 Å². The van der Waals surface area contributed by atoms with Crippen LogP contribution in [0.2, 0.25) is 0 Å². The highest BCUT2D eigenvalue weighted by Gasteiger charge is 2.12. The Hall–Kier alpha value is -0.800. The van der Waals surface area contributed by atoms with E-state index < -0.39 is 0 Å². The van der Waals surface area contributed by atoms with Crippen molar-refractivity contribution in [3.63, 3.8) is 0 Å². The summed E-state index contributed by atoms with van der Waals surface area (Å²) >= 11 is 3.68. The Balaban J connectivity index is 2.44. The monoisotopic (exact) mass is 308 g/mol. The second-order valence-electron chi connectivity index (χ2n) is 5.00. The minimum Gasteiger partial charge on any atom is -0.344 e. The first-order chi connectivity index (χ1) is 8.65. The van der Waals surface area contributed by atoms with Gasteiger partial charge in [0.25, 0.3) is 0 Å². The molecule has 0 aliphatic rings. The van der Waals surface area contributed by atoms with E-state index in [1.165, 1.54) is 27.4 Å². The van der Waals surface area contributed by atoms with Crippen LogP contribution < -0.4 is 5.32 Å². The van der Waals surface area contributed by atoms with Crippen molar-refractivity contribution < 1.29 is 0 Å². The third-order valence-corrected chi connectivity index (χ3v) is 3.95. The molecule has 0 fully saturated rings. The van der Waals surface area contributed by atoms with Crippen LogP contribution in [-0.4, -0.2) is 18.2 Å². The van der Waals surface area contributed by atoms with Crippen LogP contribution >= 0.6 is 15.9 Å². The lowest BCUT2D eigenvalue weighted by atomic mass is 10.1. The molecule has 0 saturated heterocycles. The molecule has 0 aliphatic heterocycles. The number of fused-ring (bicyclic) bond motifs is 1. The average molecular weight is 309 g/mol. The van der Waals surface area contributed by atoms with E-state index in [0.717, 1.165) is 13.0 Å². The van der Waals surface area contributed by atoms with Crippen LogP contribution in [0.3, 0.4) is 0 Å². The number of hydrogen-bond acceptors (Lipinski definition) is 1. The van der Waals surface area contributed by atoms with Crippen molar-refractivity contribution >= 4 is 26.8 Å². The highest BCUT2D eigenvalue weighted by molar-refractivity contribution is 9.10. The molecule has 0 amide bonds. The molecular weight excluding hydrogens is 288 g/mol. The van der Waals surface area contributed by atoms with Gasteiger partial charge in [-0.25, -0.2) is 0 Å². The van der Waals surface area contributed by atoms with E-state index in [0.29, 0.717) is 6.04 Å². The number of benzene rings is 1. The standard InChI is InChI=1S/C15H21BrN2/c1-11(2)18-10-12(6-5-9-17-3)13-7-4-8-14(16)15(13)18/h4,7-8,10-11,17H,5-6,9H2,1-3H3. The molecule has 1 N–H and O–H groups in total. The molecule has 98 valence electrons. The zero-order chi connectivity index (χ0) is 13.1. The van der Waals surface area contributed by atoms with Gasteiger partial charge in [-0.1, -0.05) is 12.1 Å². The summed E-state index contributed by atoms with van der Waals surface area (Å²) in [7, 11) is 2.01. The fourth-order valence-electron chi connectivity index (χ4n) is 2.40. The van der Waals surface area contributed by atoms with Crippen LogP contribution in [0.4, 0.5) is 0 Å². The maximum absolute atomic E-state index is 3.68. The first-order valence-electron chi connectivity index (χ1n) is 6.57. The Kier molecular flexibility index (Phi) is 4.46. The van der Waals surface area contributed by atoms with Crippen molar-refractivity contribution in [3.05, 3.63) is 34.4 Å². The maximum Gasteiger partial charge on any atom is 0.0629 e. The lowest BCUT2D eigenvalue weighted by Crippen LogP contribution is -2.08. The van der Waals surface area contributed by atoms with Crippen LogP contribution in [0.25, 0.3) is 10.9 Å². The van der Waals surface area contributed by atoms with Crippen LogP contribution in [0.1, 0.15) is 31.9 Å². The Morgan fingerprint density at radius 3 is 2.78 bits per heavy atom. The molecule has 1 aromatic carbocycles. The van der Waals surface area contributed by atoms with Crippen molar-refractivity contribution in [1.29, 1.82) is 0 Å². The van der Waals surface area contributed by atoms with Crippen molar-refractivity contribution in [2.45, 2.75) is 32.7 Å². The average Bonchev–Trinajstić information content (AvgIpc) is 2.70. The van der Waals surface area contributed by atoms with Gasteiger partial charge in [0.05, 0.1) is 5.52 Å². The minimum atomic E-state index is 0.490. The highest BCUT2D eigenvalue weighted by Crippen LogP contribution is 2.31. The molecule has 3 heteroatoms. The molecule has 2 rings (SSSR count). The Morgan fingerprint density at radius 2 is 2.11 bits per heavy atom. The van der Waals surface area contributed by atoms with Gasteiger partial charge in [-0.05, 0) is 67.8 Å². The summed E-state index contributed by atoms with van der Waals surface area (Å²) in [6.07, 6.45) is 4.63. The van der Waals surface area contributed by atoms with E-state index in [9.17, 15) is 0 Å². The number of nitrogens with zero attached hydrogens (tertiary/aromatic N) is 1. The molecule has 0 spiro atoms. The molecule has 18 heavy (non-hydrogen) atoms. The number of halogens is 1. The summed E-state index contributed by atoms with van der Waals surface area (Å²) < 4.78 is 3.56. The molecule has 0 atom stereocenters. The second kappa shape index (κ2) is 5.89. The van der Waals surface area contributed by atoms with Gasteiger partial charge in [-0.15, -0.1) is 0 Å². The Morgan fingerprint density at radius 1 is 1.33 bits per heavy atom.